The molecule has 2 atom stereocenters. The summed E-state index contributed by atoms with van der Waals surface area (Å²) in [7, 11) is 0. The monoisotopic (exact) mass is 180 g/mol. The highest BCUT2D eigenvalue weighted by Crippen LogP contribution is 2.19. The van der Waals surface area contributed by atoms with E-state index in [0.29, 0.717) is 6.54 Å². The molecule has 0 aliphatic rings. The standard InChI is InChI=1S/C10H16N2O/c1-7(5-11)10(13)9-4-3-8(2)12-6-9/h3-4,6-7,10,13H,5,11H2,1-2H3. The van der Waals surface area contributed by atoms with Gasteiger partial charge in [-0.15, -0.1) is 0 Å². The Hall–Kier alpha value is -0.930. The Morgan fingerprint density at radius 2 is 2.23 bits per heavy atom. The van der Waals surface area contributed by atoms with Gasteiger partial charge in [-0.1, -0.05) is 13.0 Å². The maximum absolute atomic E-state index is 9.76. The zero-order valence-corrected chi connectivity index (χ0v) is 8.07. The fourth-order valence-corrected chi connectivity index (χ4v) is 1.11. The molecule has 2 unspecified atom stereocenters. The fourth-order valence-electron chi connectivity index (χ4n) is 1.11. The second-order valence-electron chi connectivity index (χ2n) is 3.39. The van der Waals surface area contributed by atoms with Gasteiger partial charge in [-0.05, 0) is 31.0 Å². The number of nitrogens with two attached hydrogens (primary N) is 1. The minimum Gasteiger partial charge on any atom is -0.388 e. The number of aliphatic hydroxyl groups excluding tert-OH is 1. The fraction of sp³-hybridized carbons (Fsp3) is 0.500. The minimum atomic E-state index is -0.502. The van der Waals surface area contributed by atoms with Gasteiger partial charge in [0.1, 0.15) is 0 Å². The highest BCUT2D eigenvalue weighted by molar-refractivity contribution is 5.16. The van der Waals surface area contributed by atoms with E-state index in [2.05, 4.69) is 4.98 Å². The van der Waals surface area contributed by atoms with Crippen molar-refractivity contribution in [1.29, 1.82) is 0 Å². The van der Waals surface area contributed by atoms with E-state index in [9.17, 15) is 5.11 Å². The van der Waals surface area contributed by atoms with E-state index >= 15 is 0 Å². The third kappa shape index (κ3) is 2.50. The quantitative estimate of drug-likeness (QED) is 0.730. The van der Waals surface area contributed by atoms with Crippen LogP contribution >= 0.6 is 0 Å². The van der Waals surface area contributed by atoms with Gasteiger partial charge >= 0.3 is 0 Å². The molecule has 0 aliphatic carbocycles. The Morgan fingerprint density at radius 3 is 2.69 bits per heavy atom. The molecule has 0 bridgehead atoms. The Labute approximate surface area is 78.6 Å². The van der Waals surface area contributed by atoms with Crippen LogP contribution < -0.4 is 5.73 Å². The van der Waals surface area contributed by atoms with Crippen LogP contribution in [0.5, 0.6) is 0 Å². The molecular formula is C10H16N2O. The summed E-state index contributed by atoms with van der Waals surface area (Å²) in [5, 5.41) is 9.76. The number of hydrogen-bond donors (Lipinski definition) is 2. The number of nitrogens with zero attached hydrogens (tertiary/aromatic N) is 1. The molecule has 0 radical (unpaired) electrons. The van der Waals surface area contributed by atoms with Crippen LogP contribution in [0.3, 0.4) is 0 Å². The van der Waals surface area contributed by atoms with Crippen molar-refractivity contribution in [3.63, 3.8) is 0 Å². The molecule has 0 saturated heterocycles. The van der Waals surface area contributed by atoms with Crippen molar-refractivity contribution < 1.29 is 5.11 Å². The summed E-state index contributed by atoms with van der Waals surface area (Å²) in [6.45, 7) is 4.32. The molecular weight excluding hydrogens is 164 g/mol. The average Bonchev–Trinajstić information content (AvgIpc) is 2.17. The van der Waals surface area contributed by atoms with Gasteiger partial charge in [-0.25, -0.2) is 0 Å². The normalized spacial score (nSPS) is 15.4. The largest absolute Gasteiger partial charge is 0.388 e. The molecule has 0 aromatic carbocycles. The maximum Gasteiger partial charge on any atom is 0.0842 e. The second kappa shape index (κ2) is 4.35. The van der Waals surface area contributed by atoms with Crippen LogP contribution in [0.2, 0.25) is 0 Å². The smallest absolute Gasteiger partial charge is 0.0842 e. The van der Waals surface area contributed by atoms with Crippen LogP contribution in [-0.4, -0.2) is 16.6 Å². The first-order valence-electron chi connectivity index (χ1n) is 4.46. The highest BCUT2D eigenvalue weighted by Gasteiger charge is 2.14. The molecule has 1 aromatic rings. The highest BCUT2D eigenvalue weighted by atomic mass is 16.3. The Morgan fingerprint density at radius 1 is 1.54 bits per heavy atom. The van der Waals surface area contributed by atoms with Gasteiger partial charge in [-0.3, -0.25) is 4.98 Å². The lowest BCUT2D eigenvalue weighted by Gasteiger charge is -2.16. The Kier molecular flexibility index (Phi) is 3.39. The molecule has 0 fully saturated rings. The van der Waals surface area contributed by atoms with Crippen LogP contribution in [0.1, 0.15) is 24.3 Å². The van der Waals surface area contributed by atoms with Crippen molar-refractivity contribution in [3.05, 3.63) is 29.6 Å². The Bertz CT molecular complexity index is 258. The van der Waals surface area contributed by atoms with Gasteiger partial charge < -0.3 is 10.8 Å². The minimum absolute atomic E-state index is 0.0736. The molecule has 3 nitrogen and oxygen atoms in total. The molecule has 0 saturated carbocycles. The molecule has 72 valence electrons. The maximum atomic E-state index is 9.76. The van der Waals surface area contributed by atoms with Gasteiger partial charge in [0.05, 0.1) is 6.10 Å². The van der Waals surface area contributed by atoms with Crippen LogP contribution in [-0.2, 0) is 0 Å². The molecule has 3 N–H and O–H groups in total. The molecule has 1 aromatic heterocycles. The van der Waals surface area contributed by atoms with Crippen molar-refractivity contribution in [3.8, 4) is 0 Å². The molecule has 0 spiro atoms. The van der Waals surface area contributed by atoms with E-state index in [1.807, 2.05) is 26.0 Å². The summed E-state index contributed by atoms with van der Waals surface area (Å²) in [4.78, 5) is 4.12. The van der Waals surface area contributed by atoms with Crippen molar-refractivity contribution in [1.82, 2.24) is 4.98 Å². The van der Waals surface area contributed by atoms with Gasteiger partial charge in [0.2, 0.25) is 0 Å². The van der Waals surface area contributed by atoms with Crippen LogP contribution in [0.25, 0.3) is 0 Å². The third-order valence-corrected chi connectivity index (χ3v) is 2.19. The summed E-state index contributed by atoms with van der Waals surface area (Å²) in [6.07, 6.45) is 1.20. The summed E-state index contributed by atoms with van der Waals surface area (Å²) in [5.74, 6) is 0.0736. The first-order valence-corrected chi connectivity index (χ1v) is 4.46. The second-order valence-corrected chi connectivity index (χ2v) is 3.39. The number of aryl methyl sites for hydroxylation is 1. The molecule has 1 rings (SSSR count). The van der Waals surface area contributed by atoms with Crippen molar-refractivity contribution in [2.24, 2.45) is 11.7 Å². The van der Waals surface area contributed by atoms with E-state index in [4.69, 9.17) is 5.73 Å². The first kappa shape index (κ1) is 10.2. The summed E-state index contributed by atoms with van der Waals surface area (Å²) in [6, 6.07) is 3.78. The topological polar surface area (TPSA) is 59.1 Å². The van der Waals surface area contributed by atoms with Crippen molar-refractivity contribution in [2.45, 2.75) is 20.0 Å². The number of hydrogen-bond acceptors (Lipinski definition) is 3. The predicted octanol–water partition coefficient (Wildman–Crippen LogP) is 1.02. The van der Waals surface area contributed by atoms with Gasteiger partial charge in [-0.2, -0.15) is 0 Å². The van der Waals surface area contributed by atoms with E-state index in [1.165, 1.54) is 0 Å². The molecule has 0 aliphatic heterocycles. The zero-order valence-electron chi connectivity index (χ0n) is 8.07. The van der Waals surface area contributed by atoms with E-state index in [-0.39, 0.29) is 5.92 Å². The Balaban J connectivity index is 2.77. The van der Waals surface area contributed by atoms with Crippen LogP contribution in [0, 0.1) is 12.8 Å². The predicted molar refractivity (Wildman–Crippen MR) is 52.2 cm³/mol. The zero-order chi connectivity index (χ0) is 9.84. The van der Waals surface area contributed by atoms with Gasteiger partial charge in [0.15, 0.2) is 0 Å². The number of aliphatic hydroxyl groups is 1. The molecule has 0 amide bonds. The lowest BCUT2D eigenvalue weighted by Crippen LogP contribution is -2.18. The van der Waals surface area contributed by atoms with Gasteiger partial charge in [0, 0.05) is 11.9 Å². The average molecular weight is 180 g/mol. The summed E-state index contributed by atoms with van der Waals surface area (Å²) >= 11 is 0. The van der Waals surface area contributed by atoms with E-state index in [1.54, 1.807) is 6.20 Å². The van der Waals surface area contributed by atoms with Crippen molar-refractivity contribution in [2.75, 3.05) is 6.54 Å². The van der Waals surface area contributed by atoms with E-state index < -0.39 is 6.10 Å². The number of aromatic nitrogens is 1. The lowest BCUT2D eigenvalue weighted by molar-refractivity contribution is 0.121. The molecule has 1 heterocycles. The van der Waals surface area contributed by atoms with Crippen LogP contribution in [0.4, 0.5) is 0 Å². The SMILES string of the molecule is Cc1ccc(C(O)C(C)CN)cn1. The summed E-state index contributed by atoms with van der Waals surface area (Å²) in [5.41, 5.74) is 7.25. The van der Waals surface area contributed by atoms with E-state index in [0.717, 1.165) is 11.3 Å². The first-order chi connectivity index (χ1) is 6.15. The van der Waals surface area contributed by atoms with Gasteiger partial charge in [0.25, 0.3) is 0 Å². The number of pyridine rings is 1. The molecule has 13 heavy (non-hydrogen) atoms. The number of rotatable bonds is 3. The van der Waals surface area contributed by atoms with Crippen LogP contribution in [0.15, 0.2) is 18.3 Å². The van der Waals surface area contributed by atoms with Crippen molar-refractivity contribution >= 4 is 0 Å². The lowest BCUT2D eigenvalue weighted by atomic mass is 9.99. The molecule has 3 heteroatoms. The summed E-state index contributed by atoms with van der Waals surface area (Å²) < 4.78 is 0. The third-order valence-electron chi connectivity index (χ3n) is 2.19.